The number of fused-ring (bicyclic) bond motifs is 3. The molecule has 1 fully saturated rings. The highest BCUT2D eigenvalue weighted by Crippen LogP contribution is 2.32. The van der Waals surface area contributed by atoms with Crippen molar-refractivity contribution in [2.45, 2.75) is 23.7 Å². The maximum Gasteiger partial charge on any atom is 0.175 e. The lowest BCUT2D eigenvalue weighted by Gasteiger charge is -2.21. The van der Waals surface area contributed by atoms with Gasteiger partial charge >= 0.3 is 0 Å². The molecule has 0 bridgehead atoms. The molecule has 1 aliphatic rings. The molecule has 1 aromatic carbocycles. The summed E-state index contributed by atoms with van der Waals surface area (Å²) in [6.07, 6.45) is 7.16. The number of benzene rings is 1. The first kappa shape index (κ1) is 17.4. The van der Waals surface area contributed by atoms with E-state index in [-0.39, 0.29) is 0 Å². The topological polar surface area (TPSA) is 92.2 Å². The van der Waals surface area contributed by atoms with E-state index in [1.54, 1.807) is 12.1 Å². The first-order valence-corrected chi connectivity index (χ1v) is 11.3. The SMILES string of the molecule is CS(=O)(=O)c1ccc(-c2nc([C@H]3CCCNC3)n3c2cnc2[nH]ccc23)cc1. The summed E-state index contributed by atoms with van der Waals surface area (Å²) in [7, 11) is -3.23. The molecule has 4 heterocycles. The largest absolute Gasteiger partial charge is 0.345 e. The van der Waals surface area contributed by atoms with Gasteiger partial charge in [-0.25, -0.2) is 18.4 Å². The van der Waals surface area contributed by atoms with Crippen LogP contribution in [0.3, 0.4) is 0 Å². The smallest absolute Gasteiger partial charge is 0.175 e. The van der Waals surface area contributed by atoms with Crippen LogP contribution in [0.25, 0.3) is 27.9 Å². The molecule has 7 nitrogen and oxygen atoms in total. The Morgan fingerprint density at radius 1 is 1.14 bits per heavy atom. The summed E-state index contributed by atoms with van der Waals surface area (Å²) in [5, 5.41) is 3.47. The van der Waals surface area contributed by atoms with Crippen LogP contribution in [0.4, 0.5) is 0 Å². The minimum absolute atomic E-state index is 0.308. The lowest BCUT2D eigenvalue weighted by atomic mass is 9.99. The molecule has 1 aliphatic heterocycles. The molecular weight excluding hydrogens is 374 g/mol. The zero-order valence-electron chi connectivity index (χ0n) is 15.5. The number of nitrogens with zero attached hydrogens (tertiary/aromatic N) is 3. The van der Waals surface area contributed by atoms with Crippen molar-refractivity contribution in [1.29, 1.82) is 0 Å². The van der Waals surface area contributed by atoms with E-state index in [0.717, 1.165) is 59.7 Å². The summed E-state index contributed by atoms with van der Waals surface area (Å²) >= 11 is 0. The predicted molar refractivity (Wildman–Crippen MR) is 108 cm³/mol. The van der Waals surface area contributed by atoms with Crippen LogP contribution in [0.5, 0.6) is 0 Å². The molecule has 8 heteroatoms. The summed E-state index contributed by atoms with van der Waals surface area (Å²) in [5.74, 6) is 1.35. The Kier molecular flexibility index (Phi) is 3.99. The quantitative estimate of drug-likeness (QED) is 0.556. The van der Waals surface area contributed by atoms with E-state index in [1.165, 1.54) is 6.26 Å². The molecule has 3 aromatic heterocycles. The molecule has 0 radical (unpaired) electrons. The maximum absolute atomic E-state index is 11.8. The van der Waals surface area contributed by atoms with Crippen molar-refractivity contribution in [3.8, 4) is 11.3 Å². The minimum Gasteiger partial charge on any atom is -0.345 e. The van der Waals surface area contributed by atoms with E-state index in [4.69, 9.17) is 4.98 Å². The van der Waals surface area contributed by atoms with E-state index >= 15 is 0 Å². The van der Waals surface area contributed by atoms with Gasteiger partial charge in [0, 0.05) is 30.5 Å². The number of hydrogen-bond donors (Lipinski definition) is 2. The van der Waals surface area contributed by atoms with Crippen molar-refractivity contribution in [2.24, 2.45) is 0 Å². The molecule has 28 heavy (non-hydrogen) atoms. The van der Waals surface area contributed by atoms with E-state index in [9.17, 15) is 8.42 Å². The molecule has 0 aliphatic carbocycles. The van der Waals surface area contributed by atoms with Crippen LogP contribution in [-0.4, -0.2) is 47.1 Å². The lowest BCUT2D eigenvalue weighted by molar-refractivity contribution is 0.446. The Labute approximate surface area is 162 Å². The molecule has 4 aromatic rings. The van der Waals surface area contributed by atoms with E-state index in [1.807, 2.05) is 30.6 Å². The van der Waals surface area contributed by atoms with E-state index in [2.05, 4.69) is 19.7 Å². The zero-order chi connectivity index (χ0) is 19.3. The third-order valence-corrected chi connectivity index (χ3v) is 6.55. The highest BCUT2D eigenvalue weighted by atomic mass is 32.2. The highest BCUT2D eigenvalue weighted by molar-refractivity contribution is 7.90. The predicted octanol–water partition coefficient (Wildman–Crippen LogP) is 2.75. The summed E-state index contributed by atoms with van der Waals surface area (Å²) in [4.78, 5) is 13.0. The van der Waals surface area contributed by atoms with Gasteiger partial charge in [0.25, 0.3) is 0 Å². The fraction of sp³-hybridized carbons (Fsp3) is 0.300. The van der Waals surface area contributed by atoms with Gasteiger partial charge in [-0.05, 0) is 37.6 Å². The number of imidazole rings is 1. The second kappa shape index (κ2) is 6.42. The number of aromatic nitrogens is 4. The van der Waals surface area contributed by atoms with Gasteiger partial charge in [-0.1, -0.05) is 12.1 Å². The van der Waals surface area contributed by atoms with Crippen molar-refractivity contribution in [2.75, 3.05) is 19.3 Å². The van der Waals surface area contributed by atoms with Crippen LogP contribution in [-0.2, 0) is 9.84 Å². The number of hydrogen-bond acceptors (Lipinski definition) is 5. The van der Waals surface area contributed by atoms with Crippen LogP contribution in [0, 0.1) is 0 Å². The van der Waals surface area contributed by atoms with Crippen LogP contribution >= 0.6 is 0 Å². The average Bonchev–Trinajstić information content (AvgIpc) is 3.32. The number of piperidine rings is 1. The Bertz CT molecular complexity index is 1270. The average molecular weight is 395 g/mol. The molecule has 0 unspecified atom stereocenters. The van der Waals surface area contributed by atoms with Crippen molar-refractivity contribution in [3.05, 3.63) is 48.5 Å². The molecule has 0 saturated carbocycles. The molecule has 0 amide bonds. The first-order chi connectivity index (χ1) is 13.5. The van der Waals surface area contributed by atoms with Crippen molar-refractivity contribution in [3.63, 3.8) is 0 Å². The molecule has 144 valence electrons. The number of nitrogens with one attached hydrogen (secondary N) is 2. The standard InChI is InChI=1S/C20H21N5O2S/c1-28(26,27)15-6-4-13(5-7-15)18-17-12-23-19-16(8-10-22-19)25(17)20(24-18)14-3-2-9-21-11-14/h4-8,10,12,14,21-22H,2-3,9,11H2,1H3/t14-/m0/s1. The normalized spacial score (nSPS) is 18.1. The Hall–Kier alpha value is -2.71. The summed E-state index contributed by atoms with van der Waals surface area (Å²) < 4.78 is 25.8. The maximum atomic E-state index is 11.8. The van der Waals surface area contributed by atoms with E-state index < -0.39 is 9.84 Å². The lowest BCUT2D eigenvalue weighted by Crippen LogP contribution is -2.29. The Morgan fingerprint density at radius 3 is 2.68 bits per heavy atom. The molecule has 2 N–H and O–H groups in total. The number of sulfone groups is 1. The van der Waals surface area contributed by atoms with Gasteiger partial charge in [-0.15, -0.1) is 0 Å². The Morgan fingerprint density at radius 2 is 1.96 bits per heavy atom. The highest BCUT2D eigenvalue weighted by Gasteiger charge is 2.24. The second-order valence-electron chi connectivity index (χ2n) is 7.35. The van der Waals surface area contributed by atoms with Gasteiger partial charge in [0.2, 0.25) is 0 Å². The van der Waals surface area contributed by atoms with Gasteiger partial charge in [-0.2, -0.15) is 0 Å². The second-order valence-corrected chi connectivity index (χ2v) is 9.36. The van der Waals surface area contributed by atoms with Gasteiger partial charge in [-0.3, -0.25) is 4.40 Å². The van der Waals surface area contributed by atoms with Crippen LogP contribution < -0.4 is 5.32 Å². The van der Waals surface area contributed by atoms with Crippen LogP contribution in [0.15, 0.2) is 47.6 Å². The third-order valence-electron chi connectivity index (χ3n) is 5.42. The first-order valence-electron chi connectivity index (χ1n) is 9.38. The van der Waals surface area contributed by atoms with Crippen molar-refractivity contribution >= 4 is 26.5 Å². The monoisotopic (exact) mass is 395 g/mol. The van der Waals surface area contributed by atoms with Gasteiger partial charge < -0.3 is 10.3 Å². The zero-order valence-corrected chi connectivity index (χ0v) is 16.3. The molecule has 5 rings (SSSR count). The molecule has 1 atom stereocenters. The van der Waals surface area contributed by atoms with Crippen molar-refractivity contribution < 1.29 is 8.42 Å². The van der Waals surface area contributed by atoms with E-state index in [0.29, 0.717) is 10.8 Å². The molecule has 0 spiro atoms. The van der Waals surface area contributed by atoms with Gasteiger partial charge in [0.05, 0.1) is 27.8 Å². The summed E-state index contributed by atoms with van der Waals surface area (Å²) in [6.45, 7) is 1.94. The van der Waals surface area contributed by atoms with Crippen molar-refractivity contribution in [1.82, 2.24) is 24.7 Å². The minimum atomic E-state index is -3.23. The number of aromatic amines is 1. The fourth-order valence-electron chi connectivity index (χ4n) is 4.00. The number of rotatable bonds is 3. The Balaban J connectivity index is 1.73. The summed E-state index contributed by atoms with van der Waals surface area (Å²) in [6, 6.07) is 8.94. The van der Waals surface area contributed by atoms with Crippen LogP contribution in [0.1, 0.15) is 24.6 Å². The van der Waals surface area contributed by atoms with Gasteiger partial charge in [0.15, 0.2) is 15.5 Å². The van der Waals surface area contributed by atoms with Crippen LogP contribution in [0.2, 0.25) is 0 Å². The molecule has 1 saturated heterocycles. The van der Waals surface area contributed by atoms with Gasteiger partial charge in [0.1, 0.15) is 5.82 Å². The fourth-order valence-corrected chi connectivity index (χ4v) is 4.63. The summed E-state index contributed by atoms with van der Waals surface area (Å²) in [5.41, 5.74) is 4.48. The number of H-pyrrole nitrogens is 1. The molecular formula is C20H21N5O2S. The third kappa shape index (κ3) is 2.80.